The Morgan fingerprint density at radius 3 is 2.61 bits per heavy atom. The van der Waals surface area contributed by atoms with E-state index < -0.39 is 0 Å². The molecule has 3 fully saturated rings. The van der Waals surface area contributed by atoms with Gasteiger partial charge in [0.05, 0.1) is 12.2 Å². The maximum absolute atomic E-state index is 11.9. The molecule has 0 aliphatic heterocycles. The van der Waals surface area contributed by atoms with Crippen molar-refractivity contribution >= 4 is 5.78 Å². The molecule has 0 aromatic rings. The molecule has 0 bridgehead atoms. The predicted octanol–water partition coefficient (Wildman–Crippen LogP) is 3.10. The van der Waals surface area contributed by atoms with Gasteiger partial charge in [-0.2, -0.15) is 0 Å². The van der Waals surface area contributed by atoms with E-state index in [2.05, 4.69) is 20.8 Å². The fourth-order valence-corrected chi connectivity index (χ4v) is 6.97. The molecular weight excluding hydrogens is 288 g/mol. The summed E-state index contributed by atoms with van der Waals surface area (Å²) in [5, 5.41) is 21.9. The number of aliphatic hydroxyl groups excluding tert-OH is 2. The largest absolute Gasteiger partial charge is 0.393 e. The van der Waals surface area contributed by atoms with E-state index >= 15 is 0 Å². The smallest absolute Gasteiger partial charge is 0.155 e. The zero-order chi connectivity index (χ0) is 16.6. The first-order valence-corrected chi connectivity index (χ1v) is 9.40. The third-order valence-corrected chi connectivity index (χ3v) is 8.55. The molecule has 8 atom stereocenters. The summed E-state index contributed by atoms with van der Waals surface area (Å²) in [4.78, 5) is 11.9. The highest BCUT2D eigenvalue weighted by atomic mass is 16.3. The van der Waals surface area contributed by atoms with Gasteiger partial charge < -0.3 is 10.2 Å². The van der Waals surface area contributed by atoms with Crippen LogP contribution in [-0.4, -0.2) is 28.2 Å². The number of rotatable bonds is 0. The van der Waals surface area contributed by atoms with E-state index in [9.17, 15) is 15.0 Å². The Hall–Kier alpha value is -0.670. The minimum atomic E-state index is -0.379. The number of carbonyl (C=O) groups excluding carboxylic acids is 1. The average molecular weight is 318 g/mol. The Morgan fingerprint density at radius 1 is 1.13 bits per heavy atom. The highest BCUT2D eigenvalue weighted by molar-refractivity contribution is 5.91. The van der Waals surface area contributed by atoms with Crippen molar-refractivity contribution in [2.24, 2.45) is 34.5 Å². The molecule has 0 heterocycles. The van der Waals surface area contributed by atoms with Gasteiger partial charge in [0.1, 0.15) is 0 Å². The van der Waals surface area contributed by atoms with Gasteiger partial charge in [-0.3, -0.25) is 4.79 Å². The molecule has 0 aromatic carbocycles. The molecule has 4 aliphatic rings. The number of aliphatic hydroxyl groups is 2. The predicted molar refractivity (Wildman–Crippen MR) is 88.7 cm³/mol. The fourth-order valence-electron chi connectivity index (χ4n) is 6.97. The summed E-state index contributed by atoms with van der Waals surface area (Å²) < 4.78 is 0. The lowest BCUT2D eigenvalue weighted by atomic mass is 9.44. The van der Waals surface area contributed by atoms with Gasteiger partial charge in [0.15, 0.2) is 5.78 Å². The van der Waals surface area contributed by atoms with Gasteiger partial charge in [-0.1, -0.05) is 26.3 Å². The first kappa shape index (κ1) is 15.8. The summed E-state index contributed by atoms with van der Waals surface area (Å²) >= 11 is 0. The van der Waals surface area contributed by atoms with Crippen molar-refractivity contribution in [3.05, 3.63) is 11.6 Å². The lowest BCUT2D eigenvalue weighted by molar-refractivity contribution is -0.176. The van der Waals surface area contributed by atoms with E-state index in [4.69, 9.17) is 0 Å². The maximum Gasteiger partial charge on any atom is 0.155 e. The van der Waals surface area contributed by atoms with Crippen LogP contribution in [0.1, 0.15) is 59.3 Å². The molecule has 0 saturated heterocycles. The zero-order valence-electron chi connectivity index (χ0n) is 14.6. The Morgan fingerprint density at radius 2 is 1.87 bits per heavy atom. The Balaban J connectivity index is 1.78. The van der Waals surface area contributed by atoms with Gasteiger partial charge in [-0.05, 0) is 67.3 Å². The van der Waals surface area contributed by atoms with Crippen LogP contribution >= 0.6 is 0 Å². The molecule has 4 rings (SSSR count). The SMILES string of the molecule is C[C@@H]1[C@H](O)[C@H]2[C@@H](CCC3=CC(=O)CC[C@@]32C)[C@@H]2CC[C@@H](O)[C@@]12C. The quantitative estimate of drug-likeness (QED) is 0.721. The van der Waals surface area contributed by atoms with Crippen molar-refractivity contribution in [1.82, 2.24) is 0 Å². The van der Waals surface area contributed by atoms with E-state index in [0.29, 0.717) is 18.3 Å². The zero-order valence-corrected chi connectivity index (χ0v) is 14.6. The fraction of sp³-hybridized carbons (Fsp3) is 0.850. The van der Waals surface area contributed by atoms with Crippen molar-refractivity contribution < 1.29 is 15.0 Å². The average Bonchev–Trinajstić information content (AvgIpc) is 2.82. The van der Waals surface area contributed by atoms with E-state index in [-0.39, 0.29) is 40.7 Å². The molecule has 0 aromatic heterocycles. The summed E-state index contributed by atoms with van der Waals surface area (Å²) in [6.07, 6.45) is 6.75. The second-order valence-electron chi connectivity index (χ2n) is 9.13. The Labute approximate surface area is 139 Å². The van der Waals surface area contributed by atoms with E-state index in [1.54, 1.807) is 0 Å². The van der Waals surface area contributed by atoms with Crippen molar-refractivity contribution in [2.45, 2.75) is 71.5 Å². The summed E-state index contributed by atoms with van der Waals surface area (Å²) in [5.41, 5.74) is 1.10. The first-order valence-electron chi connectivity index (χ1n) is 9.40. The van der Waals surface area contributed by atoms with Crippen LogP contribution in [0.15, 0.2) is 11.6 Å². The van der Waals surface area contributed by atoms with Crippen molar-refractivity contribution in [3.63, 3.8) is 0 Å². The standard InChI is InChI=1S/C20H30O3/c1-11-18(23)17-14(15-6-7-16(22)20(11,15)3)5-4-12-10-13(21)8-9-19(12,17)2/h10-11,14-18,22-23H,4-9H2,1-3H3/t11-,14+,15+,16-,17-,18+,19+,20+/m1/s1. The molecule has 3 nitrogen and oxygen atoms in total. The van der Waals surface area contributed by atoms with Gasteiger partial charge in [0.2, 0.25) is 0 Å². The van der Waals surface area contributed by atoms with Crippen LogP contribution in [0, 0.1) is 34.5 Å². The molecule has 0 amide bonds. The van der Waals surface area contributed by atoms with Crippen LogP contribution in [-0.2, 0) is 4.79 Å². The van der Waals surface area contributed by atoms with E-state index in [0.717, 1.165) is 32.1 Å². The van der Waals surface area contributed by atoms with Crippen molar-refractivity contribution in [2.75, 3.05) is 0 Å². The van der Waals surface area contributed by atoms with Gasteiger partial charge in [0, 0.05) is 11.8 Å². The monoisotopic (exact) mass is 318 g/mol. The van der Waals surface area contributed by atoms with E-state index in [1.807, 2.05) is 6.08 Å². The lowest BCUT2D eigenvalue weighted by Gasteiger charge is -2.61. The van der Waals surface area contributed by atoms with Crippen LogP contribution in [0.2, 0.25) is 0 Å². The van der Waals surface area contributed by atoms with Crippen molar-refractivity contribution in [1.29, 1.82) is 0 Å². The van der Waals surface area contributed by atoms with Crippen LogP contribution in [0.3, 0.4) is 0 Å². The molecule has 0 unspecified atom stereocenters. The van der Waals surface area contributed by atoms with Crippen LogP contribution in [0.25, 0.3) is 0 Å². The molecular formula is C20H30O3. The highest BCUT2D eigenvalue weighted by Crippen LogP contribution is 2.66. The Bertz CT molecular complexity index is 567. The topological polar surface area (TPSA) is 57.5 Å². The van der Waals surface area contributed by atoms with Crippen LogP contribution in [0.5, 0.6) is 0 Å². The van der Waals surface area contributed by atoms with Crippen LogP contribution in [0.4, 0.5) is 0 Å². The summed E-state index contributed by atoms with van der Waals surface area (Å²) in [6.45, 7) is 6.63. The van der Waals surface area contributed by atoms with Gasteiger partial charge >= 0.3 is 0 Å². The molecule has 3 heteroatoms. The number of fused-ring (bicyclic) bond motifs is 5. The number of hydrogen-bond acceptors (Lipinski definition) is 3. The first-order chi connectivity index (χ1) is 10.8. The van der Waals surface area contributed by atoms with Gasteiger partial charge in [0.25, 0.3) is 0 Å². The minimum absolute atomic E-state index is 0.0284. The molecule has 0 spiro atoms. The third-order valence-electron chi connectivity index (χ3n) is 8.55. The summed E-state index contributed by atoms with van der Waals surface area (Å²) in [6, 6.07) is 0. The highest BCUT2D eigenvalue weighted by Gasteiger charge is 2.64. The maximum atomic E-state index is 11.9. The molecule has 2 N–H and O–H groups in total. The van der Waals surface area contributed by atoms with Gasteiger partial charge in [-0.15, -0.1) is 0 Å². The molecule has 0 radical (unpaired) electrons. The lowest BCUT2D eigenvalue weighted by Crippen LogP contribution is -2.61. The third kappa shape index (κ3) is 1.87. The summed E-state index contributed by atoms with van der Waals surface area (Å²) in [5.74, 6) is 1.61. The van der Waals surface area contributed by atoms with E-state index in [1.165, 1.54) is 5.57 Å². The molecule has 23 heavy (non-hydrogen) atoms. The molecule has 3 saturated carbocycles. The number of allylic oxidation sites excluding steroid dienone is 1. The molecule has 4 aliphatic carbocycles. The minimum Gasteiger partial charge on any atom is -0.393 e. The summed E-state index contributed by atoms with van der Waals surface area (Å²) in [7, 11) is 0. The number of carbonyl (C=O) groups is 1. The van der Waals surface area contributed by atoms with Crippen LogP contribution < -0.4 is 0 Å². The van der Waals surface area contributed by atoms with Gasteiger partial charge in [-0.25, -0.2) is 0 Å². The number of hydrogen-bond donors (Lipinski definition) is 2. The normalized spacial score (nSPS) is 55.7. The Kier molecular flexibility index (Phi) is 3.39. The van der Waals surface area contributed by atoms with Crippen molar-refractivity contribution in [3.8, 4) is 0 Å². The molecule has 128 valence electrons. The second-order valence-corrected chi connectivity index (χ2v) is 9.13. The second kappa shape index (κ2) is 4.92. The number of ketones is 1.